The molecule has 0 amide bonds. The molecule has 0 heterocycles. The second-order valence-electron chi connectivity index (χ2n) is 3.40. The van der Waals surface area contributed by atoms with Crippen LogP contribution in [0.25, 0.3) is 0 Å². The summed E-state index contributed by atoms with van der Waals surface area (Å²) in [5.41, 5.74) is 0. The van der Waals surface area contributed by atoms with Crippen LogP contribution in [0.4, 0.5) is 17.6 Å². The van der Waals surface area contributed by atoms with Crippen molar-refractivity contribution in [1.82, 2.24) is 0 Å². The van der Waals surface area contributed by atoms with Crippen molar-refractivity contribution in [2.24, 2.45) is 0 Å². The molecular weight excluding hydrogens is 232 g/mol. The van der Waals surface area contributed by atoms with Gasteiger partial charge >= 0.3 is 10.6 Å². The number of halogens is 5. The van der Waals surface area contributed by atoms with Gasteiger partial charge in [0.15, 0.2) is 0 Å². The van der Waals surface area contributed by atoms with Gasteiger partial charge in [-0.3, -0.25) is 0 Å². The Morgan fingerprint density at radius 2 is 1.38 bits per heavy atom. The minimum atomic E-state index is -4.79. The first-order chi connectivity index (χ1) is 5.40. The van der Waals surface area contributed by atoms with E-state index in [-0.39, 0.29) is 0 Å². The van der Waals surface area contributed by atoms with E-state index >= 15 is 0 Å². The van der Waals surface area contributed by atoms with Crippen molar-refractivity contribution in [1.29, 1.82) is 0 Å². The summed E-state index contributed by atoms with van der Waals surface area (Å²) in [6.45, 7) is 3.50. The molecule has 0 radical (unpaired) electrons. The van der Waals surface area contributed by atoms with E-state index in [1.165, 1.54) is 20.8 Å². The predicted octanol–water partition coefficient (Wildman–Crippen LogP) is 2.96. The molecule has 80 valence electrons. The normalized spacial score (nSPS) is 17.3. The fourth-order valence-corrected chi connectivity index (χ4v) is 1.68. The highest BCUT2D eigenvalue weighted by atomic mass is 35.5. The van der Waals surface area contributed by atoms with Gasteiger partial charge in [-0.15, -0.1) is 8.78 Å². The molecule has 0 saturated heterocycles. The third-order valence-electron chi connectivity index (χ3n) is 1.12. The molecule has 0 aromatic carbocycles. The Balaban J connectivity index is 4.86. The molecule has 0 fully saturated rings. The largest absolute Gasteiger partial charge is 0.611 e. The van der Waals surface area contributed by atoms with Crippen LogP contribution in [-0.4, -0.2) is 19.9 Å². The maximum Gasteiger partial charge on any atom is 0.487 e. The van der Waals surface area contributed by atoms with Gasteiger partial charge in [0.05, 0.1) is 0 Å². The van der Waals surface area contributed by atoms with Gasteiger partial charge in [-0.1, -0.05) is 0 Å². The van der Waals surface area contributed by atoms with Crippen LogP contribution in [0.3, 0.4) is 0 Å². The van der Waals surface area contributed by atoms with Crippen LogP contribution in [0.2, 0.25) is 0 Å². The van der Waals surface area contributed by atoms with Crippen molar-refractivity contribution in [2.45, 2.75) is 36.2 Å². The summed E-state index contributed by atoms with van der Waals surface area (Å²) < 4.78 is 59.0. The average molecular weight is 241 g/mol. The van der Waals surface area contributed by atoms with Gasteiger partial charge in [-0.05, 0) is 32.4 Å². The molecule has 7 heteroatoms. The highest BCUT2D eigenvalue weighted by Crippen LogP contribution is 2.45. The second kappa shape index (κ2) is 3.47. The zero-order valence-electron chi connectivity index (χ0n) is 7.21. The van der Waals surface area contributed by atoms with Gasteiger partial charge in [0.25, 0.3) is 0 Å². The summed E-state index contributed by atoms with van der Waals surface area (Å²) in [5.74, 6) is 0. The summed E-state index contributed by atoms with van der Waals surface area (Å²) in [7, 11) is 0. The molecule has 0 aromatic rings. The molecule has 0 aliphatic rings. The van der Waals surface area contributed by atoms with Gasteiger partial charge in [0.2, 0.25) is 0 Å². The third kappa shape index (κ3) is 2.89. The van der Waals surface area contributed by atoms with E-state index in [1.807, 2.05) is 0 Å². The molecule has 13 heavy (non-hydrogen) atoms. The van der Waals surface area contributed by atoms with E-state index in [0.29, 0.717) is 0 Å². The molecule has 0 aromatic heterocycles. The van der Waals surface area contributed by atoms with E-state index in [0.717, 1.165) is 0 Å². The topological polar surface area (TPSA) is 23.1 Å². The Kier molecular flexibility index (Phi) is 3.56. The molecule has 0 aliphatic carbocycles. The Bertz CT molecular complexity index is 186. The van der Waals surface area contributed by atoms with Crippen LogP contribution in [0.5, 0.6) is 0 Å². The summed E-state index contributed by atoms with van der Waals surface area (Å²) in [6, 6.07) is 0. The molecule has 0 aliphatic heterocycles. The van der Waals surface area contributed by atoms with E-state index in [1.54, 1.807) is 0 Å². The molecular formula is C6H9ClF4OS. The lowest BCUT2D eigenvalue weighted by Gasteiger charge is -2.31. The van der Waals surface area contributed by atoms with Crippen molar-refractivity contribution >= 4 is 22.8 Å². The van der Waals surface area contributed by atoms with Crippen LogP contribution in [0, 0.1) is 0 Å². The van der Waals surface area contributed by atoms with Gasteiger partial charge < -0.3 is 4.55 Å². The van der Waals surface area contributed by atoms with E-state index in [2.05, 4.69) is 11.6 Å². The summed E-state index contributed by atoms with van der Waals surface area (Å²) in [5, 5.41) is -9.50. The third-order valence-corrected chi connectivity index (χ3v) is 3.30. The number of hydrogen-bond donors (Lipinski definition) is 0. The lowest BCUT2D eigenvalue weighted by atomic mass is 10.3. The van der Waals surface area contributed by atoms with Crippen LogP contribution >= 0.6 is 11.6 Å². The van der Waals surface area contributed by atoms with E-state index < -0.39 is 26.6 Å². The van der Waals surface area contributed by atoms with Gasteiger partial charge in [0.1, 0.15) is 4.75 Å². The summed E-state index contributed by atoms with van der Waals surface area (Å²) in [4.78, 5) is 0. The molecule has 1 nitrogen and oxygen atoms in total. The standard InChI is InChI=1S/C6H9ClF4OS/c1-4(2,3)13(12)6(10,11)5(7,8)9/h1-3H3. The van der Waals surface area contributed by atoms with Crippen molar-refractivity contribution in [3.05, 3.63) is 0 Å². The molecule has 0 saturated carbocycles. The van der Waals surface area contributed by atoms with Crippen molar-refractivity contribution < 1.29 is 22.1 Å². The Morgan fingerprint density at radius 1 is 1.08 bits per heavy atom. The van der Waals surface area contributed by atoms with Crippen molar-refractivity contribution in [2.75, 3.05) is 0 Å². The fraction of sp³-hybridized carbons (Fsp3) is 1.00. The average Bonchev–Trinajstić information content (AvgIpc) is 1.81. The van der Waals surface area contributed by atoms with Gasteiger partial charge in [0, 0.05) is 11.2 Å². The molecule has 1 atom stereocenters. The maximum absolute atomic E-state index is 12.6. The zero-order chi connectivity index (χ0) is 11.1. The van der Waals surface area contributed by atoms with E-state index in [9.17, 15) is 22.1 Å². The monoisotopic (exact) mass is 240 g/mol. The number of rotatable bonds is 2. The van der Waals surface area contributed by atoms with Gasteiger partial charge in [-0.25, -0.2) is 0 Å². The quantitative estimate of drug-likeness (QED) is 0.413. The zero-order valence-corrected chi connectivity index (χ0v) is 8.78. The van der Waals surface area contributed by atoms with Gasteiger partial charge in [-0.2, -0.15) is 8.78 Å². The lowest BCUT2D eigenvalue weighted by Crippen LogP contribution is -2.50. The second-order valence-corrected chi connectivity index (χ2v) is 6.15. The first-order valence-corrected chi connectivity index (χ1v) is 4.80. The SMILES string of the molecule is CC(C)(C)[S+]([O-])C(F)(F)C(F)(F)Cl. The first kappa shape index (κ1) is 13.3. The Hall–Kier alpha value is 0.320. The fourth-order valence-electron chi connectivity index (χ4n) is 0.490. The highest BCUT2D eigenvalue weighted by Gasteiger charge is 2.68. The van der Waals surface area contributed by atoms with Crippen molar-refractivity contribution in [3.8, 4) is 0 Å². The smallest absolute Gasteiger partial charge is 0.487 e. The molecule has 0 rings (SSSR count). The lowest BCUT2D eigenvalue weighted by molar-refractivity contribution is -0.0974. The molecule has 0 spiro atoms. The summed E-state index contributed by atoms with van der Waals surface area (Å²) in [6.07, 6.45) is 0. The van der Waals surface area contributed by atoms with E-state index in [4.69, 9.17) is 0 Å². The summed E-state index contributed by atoms with van der Waals surface area (Å²) >= 11 is 1.12. The predicted molar refractivity (Wildman–Crippen MR) is 43.6 cm³/mol. The van der Waals surface area contributed by atoms with Crippen LogP contribution in [-0.2, 0) is 11.2 Å². The minimum Gasteiger partial charge on any atom is -0.611 e. The number of alkyl halides is 5. The minimum absolute atomic E-state index is 1.17. The maximum atomic E-state index is 12.6. The highest BCUT2D eigenvalue weighted by molar-refractivity contribution is 7.93. The van der Waals surface area contributed by atoms with Crippen LogP contribution < -0.4 is 0 Å². The Labute approximate surface area is 81.6 Å². The molecule has 1 unspecified atom stereocenters. The van der Waals surface area contributed by atoms with Crippen molar-refractivity contribution in [3.63, 3.8) is 0 Å². The molecule has 0 bridgehead atoms. The van der Waals surface area contributed by atoms with Crippen LogP contribution in [0.1, 0.15) is 20.8 Å². The number of hydrogen-bond acceptors (Lipinski definition) is 1. The van der Waals surface area contributed by atoms with Crippen LogP contribution in [0.15, 0.2) is 0 Å². The Morgan fingerprint density at radius 3 is 1.46 bits per heavy atom. The first-order valence-electron chi connectivity index (χ1n) is 3.27. The molecule has 0 N–H and O–H groups in total.